The highest BCUT2D eigenvalue weighted by Crippen LogP contribution is 2.41. The predicted octanol–water partition coefficient (Wildman–Crippen LogP) is 5.06. The first-order valence-electron chi connectivity index (χ1n) is 17.6. The Bertz CT molecular complexity index is 2030. The number of carbonyl (C=O) groups excluding carboxylic acids is 3. The van der Waals surface area contributed by atoms with Crippen molar-refractivity contribution < 1.29 is 19.1 Å². The molecule has 5 heterocycles. The van der Waals surface area contributed by atoms with E-state index in [9.17, 15) is 14.4 Å². The molecule has 3 amide bonds. The summed E-state index contributed by atoms with van der Waals surface area (Å²) >= 11 is 14.0. The van der Waals surface area contributed by atoms with Gasteiger partial charge >= 0.3 is 0 Å². The van der Waals surface area contributed by atoms with Crippen molar-refractivity contribution in [3.05, 3.63) is 81.5 Å². The Morgan fingerprint density at radius 2 is 1.87 bits per heavy atom. The van der Waals surface area contributed by atoms with Crippen molar-refractivity contribution in [1.82, 2.24) is 35.0 Å². The highest BCUT2D eigenvalue weighted by Gasteiger charge is 2.35. The van der Waals surface area contributed by atoms with Crippen molar-refractivity contribution >= 4 is 46.6 Å². The standard InChI is InChI=1S/C38H42Cl2N8O4/c1-46-16-5-8-30(46)38(51)48-17-14-29-28(21-48)44-36(47(29)2)37(50)45-27-7-4-6-25(33(27)39)26-13-15-42-35(34(26)40)22-9-10-23(31(18-22)52-3)19-41-20-24-11-12-32(49)43-24/h4,6-7,9-10,13,15,18,24,30,41H,5,8,11-12,14,16-17,19-21H2,1-3H3,(H,43,49)(H,45,50)/t24-,30-/m1/s1. The quantitative estimate of drug-likeness (QED) is 0.205. The fourth-order valence-electron chi connectivity index (χ4n) is 7.47. The molecule has 2 aromatic carbocycles. The maximum atomic E-state index is 13.7. The van der Waals surface area contributed by atoms with E-state index >= 15 is 0 Å². The number of benzene rings is 2. The summed E-state index contributed by atoms with van der Waals surface area (Å²) in [7, 11) is 5.44. The Morgan fingerprint density at radius 3 is 2.62 bits per heavy atom. The van der Waals surface area contributed by atoms with E-state index in [1.165, 1.54) is 0 Å². The van der Waals surface area contributed by atoms with Gasteiger partial charge in [-0.15, -0.1) is 0 Å². The Hall–Kier alpha value is -4.49. The fraction of sp³-hybridized carbons (Fsp3) is 0.395. The number of pyridine rings is 1. The molecule has 14 heteroatoms. The van der Waals surface area contributed by atoms with Crippen molar-refractivity contribution in [3.8, 4) is 28.1 Å². The molecule has 2 aromatic heterocycles. The van der Waals surface area contributed by atoms with Gasteiger partial charge in [-0.3, -0.25) is 24.3 Å². The minimum absolute atomic E-state index is 0.0932. The Kier molecular flexibility index (Phi) is 10.5. The van der Waals surface area contributed by atoms with Crippen LogP contribution in [0.1, 0.15) is 53.3 Å². The number of likely N-dealkylation sites (N-methyl/N-ethyl adjacent to an activating group) is 1. The van der Waals surface area contributed by atoms with Crippen LogP contribution in [0.25, 0.3) is 22.4 Å². The molecule has 52 heavy (non-hydrogen) atoms. The molecule has 2 fully saturated rings. The second kappa shape index (κ2) is 15.2. The number of hydrogen-bond donors (Lipinski definition) is 3. The average molecular weight is 746 g/mol. The highest BCUT2D eigenvalue weighted by atomic mass is 35.5. The topological polar surface area (TPSA) is 134 Å². The molecule has 3 aliphatic rings. The summed E-state index contributed by atoms with van der Waals surface area (Å²) in [6, 6.07) is 13.0. The van der Waals surface area contributed by atoms with Gasteiger partial charge in [0.15, 0.2) is 5.82 Å². The second-order valence-corrected chi connectivity index (χ2v) is 14.4. The highest BCUT2D eigenvalue weighted by molar-refractivity contribution is 6.39. The minimum Gasteiger partial charge on any atom is -0.496 e. The molecule has 3 aliphatic heterocycles. The molecule has 12 nitrogen and oxygen atoms in total. The van der Waals surface area contributed by atoms with Crippen LogP contribution in [0.15, 0.2) is 48.7 Å². The number of hydrogen-bond acceptors (Lipinski definition) is 8. The first kappa shape index (κ1) is 35.9. The van der Waals surface area contributed by atoms with Crippen LogP contribution in [0.5, 0.6) is 5.75 Å². The fourth-order valence-corrected chi connectivity index (χ4v) is 8.07. The van der Waals surface area contributed by atoms with Gasteiger partial charge in [0.2, 0.25) is 11.8 Å². The van der Waals surface area contributed by atoms with Gasteiger partial charge in [0.1, 0.15) is 5.75 Å². The molecule has 7 rings (SSSR count). The maximum absolute atomic E-state index is 13.7. The average Bonchev–Trinajstić information content (AvgIpc) is 3.86. The number of amides is 3. The van der Waals surface area contributed by atoms with Crippen molar-refractivity contribution in [3.63, 3.8) is 0 Å². The summed E-state index contributed by atoms with van der Waals surface area (Å²) in [4.78, 5) is 51.7. The number of nitrogens with one attached hydrogen (secondary N) is 3. The molecular weight excluding hydrogens is 703 g/mol. The van der Waals surface area contributed by atoms with Crippen molar-refractivity contribution in [2.75, 3.05) is 39.1 Å². The number of imidazole rings is 1. The van der Waals surface area contributed by atoms with Gasteiger partial charge < -0.3 is 30.2 Å². The van der Waals surface area contributed by atoms with E-state index in [1.807, 2.05) is 53.9 Å². The number of aromatic nitrogens is 3. The summed E-state index contributed by atoms with van der Waals surface area (Å²) in [6.45, 7) is 3.15. The third-order valence-corrected chi connectivity index (χ3v) is 11.1. The minimum atomic E-state index is -0.402. The van der Waals surface area contributed by atoms with Gasteiger partial charge in [0.25, 0.3) is 5.91 Å². The Labute approximate surface area is 312 Å². The number of halogens is 2. The predicted molar refractivity (Wildman–Crippen MR) is 200 cm³/mol. The van der Waals surface area contributed by atoms with Crippen molar-refractivity contribution in [2.45, 2.75) is 57.3 Å². The van der Waals surface area contributed by atoms with E-state index in [1.54, 1.807) is 25.4 Å². The van der Waals surface area contributed by atoms with E-state index in [4.69, 9.17) is 32.9 Å². The van der Waals surface area contributed by atoms with Gasteiger partial charge in [-0.25, -0.2) is 4.98 Å². The molecule has 2 atom stereocenters. The van der Waals surface area contributed by atoms with E-state index in [0.29, 0.717) is 77.3 Å². The molecule has 0 spiro atoms. The van der Waals surface area contributed by atoms with Gasteiger partial charge in [-0.1, -0.05) is 47.5 Å². The van der Waals surface area contributed by atoms with Gasteiger partial charge in [0.05, 0.1) is 46.8 Å². The molecular formula is C38H42Cl2N8O4. The summed E-state index contributed by atoms with van der Waals surface area (Å²) < 4.78 is 7.53. The van der Waals surface area contributed by atoms with Crippen LogP contribution in [0.3, 0.4) is 0 Å². The van der Waals surface area contributed by atoms with Crippen LogP contribution in [-0.2, 0) is 36.1 Å². The lowest BCUT2D eigenvalue weighted by molar-refractivity contribution is -0.136. The Morgan fingerprint density at radius 1 is 1.04 bits per heavy atom. The third kappa shape index (κ3) is 7.12. The molecule has 4 aromatic rings. The zero-order valence-electron chi connectivity index (χ0n) is 29.5. The number of methoxy groups -OCH3 is 1. The number of anilines is 1. The van der Waals surface area contributed by atoms with Crippen molar-refractivity contribution in [2.24, 2.45) is 7.05 Å². The lowest BCUT2D eigenvalue weighted by atomic mass is 10.0. The number of ether oxygens (including phenoxy) is 1. The molecule has 3 N–H and O–H groups in total. The van der Waals surface area contributed by atoms with Crippen LogP contribution < -0.4 is 20.7 Å². The SMILES string of the molecule is COc1cc(-c2nccc(-c3cccc(NC(=O)c4nc5c(n4C)CCN(C(=O)[C@H]4CCCN4C)C5)c3Cl)c2Cl)ccc1CNC[C@H]1CCC(=O)N1. The molecule has 0 saturated carbocycles. The van der Waals surface area contributed by atoms with Crippen molar-refractivity contribution in [1.29, 1.82) is 0 Å². The second-order valence-electron chi connectivity index (χ2n) is 13.6. The van der Waals surface area contributed by atoms with E-state index in [-0.39, 0.29) is 29.7 Å². The number of rotatable bonds is 10. The molecule has 272 valence electrons. The molecule has 0 radical (unpaired) electrons. The largest absolute Gasteiger partial charge is 0.496 e. The summed E-state index contributed by atoms with van der Waals surface area (Å²) in [5, 5.41) is 10.1. The maximum Gasteiger partial charge on any atom is 0.291 e. The first-order chi connectivity index (χ1) is 25.1. The zero-order chi connectivity index (χ0) is 36.5. The lowest BCUT2D eigenvalue weighted by Crippen LogP contribution is -2.46. The number of fused-ring (bicyclic) bond motifs is 1. The molecule has 2 saturated heterocycles. The van der Waals surface area contributed by atoms with Gasteiger partial charge in [-0.2, -0.15) is 0 Å². The summed E-state index contributed by atoms with van der Waals surface area (Å²) in [6.07, 6.45) is 5.58. The number of likely N-dealkylation sites (tertiary alicyclic amines) is 1. The monoisotopic (exact) mass is 744 g/mol. The molecule has 0 aliphatic carbocycles. The third-order valence-electron chi connectivity index (χ3n) is 10.4. The summed E-state index contributed by atoms with van der Waals surface area (Å²) in [5.74, 6) is 0.751. The van der Waals surface area contributed by atoms with Crippen LogP contribution in [0.4, 0.5) is 5.69 Å². The molecule has 0 bridgehead atoms. The van der Waals surface area contributed by atoms with E-state index in [2.05, 4.69) is 25.8 Å². The van der Waals surface area contributed by atoms with Gasteiger partial charge in [-0.05, 0) is 51.1 Å². The van der Waals surface area contributed by atoms with E-state index < -0.39 is 5.91 Å². The van der Waals surface area contributed by atoms with Crippen LogP contribution in [-0.4, -0.2) is 87.9 Å². The summed E-state index contributed by atoms with van der Waals surface area (Å²) in [5.41, 5.74) is 5.68. The normalized spacial score (nSPS) is 18.7. The first-order valence-corrected chi connectivity index (χ1v) is 18.3. The Balaban J connectivity index is 1.07. The zero-order valence-corrected chi connectivity index (χ0v) is 31.0. The number of nitrogens with zero attached hydrogens (tertiary/aromatic N) is 5. The van der Waals surface area contributed by atoms with Crippen LogP contribution in [0.2, 0.25) is 10.0 Å². The van der Waals surface area contributed by atoms with E-state index in [0.717, 1.165) is 48.3 Å². The number of carbonyl (C=O) groups is 3. The lowest BCUT2D eigenvalue weighted by Gasteiger charge is -2.31. The molecule has 0 unspecified atom stereocenters. The van der Waals surface area contributed by atoms with Crippen LogP contribution in [0, 0.1) is 0 Å². The smallest absolute Gasteiger partial charge is 0.291 e. The van der Waals surface area contributed by atoms with Gasteiger partial charge in [0, 0.05) is 79.7 Å². The van der Waals surface area contributed by atoms with Crippen LogP contribution >= 0.6 is 23.2 Å².